The Morgan fingerprint density at radius 2 is 1.85 bits per heavy atom. The first-order valence-corrected chi connectivity index (χ1v) is 10.2. The standard InChI is InChI=1S/C23H32N2O2/c1-16(19-14-8-12-18-11-6-7-13-20(18)19)25-23(26)22(27-2)21(24)15-17-9-4-3-5-10-17/h6-8,11-14,16-17,21-22H,3-5,9-10,15,24H2,1-2H3,(H,25,26)/t16?,21-,22?/m1/s1. The predicted octanol–water partition coefficient (Wildman–Crippen LogP) is 4.33. The first kappa shape index (κ1) is 19.8. The van der Waals surface area contributed by atoms with E-state index in [4.69, 9.17) is 10.5 Å². The van der Waals surface area contributed by atoms with Crippen LogP contribution in [0.25, 0.3) is 10.8 Å². The zero-order chi connectivity index (χ0) is 19.2. The summed E-state index contributed by atoms with van der Waals surface area (Å²) in [4.78, 5) is 12.9. The monoisotopic (exact) mass is 368 g/mol. The minimum atomic E-state index is -0.607. The summed E-state index contributed by atoms with van der Waals surface area (Å²) in [5.74, 6) is 0.496. The summed E-state index contributed by atoms with van der Waals surface area (Å²) in [7, 11) is 1.58. The molecule has 2 aromatic rings. The number of carbonyl (C=O) groups is 1. The van der Waals surface area contributed by atoms with Gasteiger partial charge in [-0.15, -0.1) is 0 Å². The van der Waals surface area contributed by atoms with E-state index < -0.39 is 6.10 Å². The number of rotatable bonds is 7. The fraction of sp³-hybridized carbons (Fsp3) is 0.522. The van der Waals surface area contributed by atoms with Crippen LogP contribution in [0.1, 0.15) is 57.1 Å². The summed E-state index contributed by atoms with van der Waals surface area (Å²) in [6.45, 7) is 2.01. The molecule has 0 bridgehead atoms. The van der Waals surface area contributed by atoms with Gasteiger partial charge in [0.15, 0.2) is 6.10 Å². The molecule has 0 aliphatic heterocycles. The van der Waals surface area contributed by atoms with Crippen molar-refractivity contribution in [1.82, 2.24) is 5.32 Å². The molecule has 3 rings (SSSR count). The molecule has 146 valence electrons. The van der Waals surface area contributed by atoms with Crippen molar-refractivity contribution in [2.24, 2.45) is 11.7 Å². The van der Waals surface area contributed by atoms with E-state index in [0.717, 1.165) is 17.4 Å². The maximum atomic E-state index is 12.9. The van der Waals surface area contributed by atoms with Gasteiger partial charge in [-0.1, -0.05) is 74.6 Å². The largest absolute Gasteiger partial charge is 0.370 e. The molecule has 1 fully saturated rings. The second-order valence-electron chi connectivity index (χ2n) is 7.86. The molecule has 0 saturated heterocycles. The highest BCUT2D eigenvalue weighted by atomic mass is 16.5. The van der Waals surface area contributed by atoms with Gasteiger partial charge in [-0.25, -0.2) is 0 Å². The van der Waals surface area contributed by atoms with E-state index in [-0.39, 0.29) is 18.0 Å². The Balaban J connectivity index is 1.66. The van der Waals surface area contributed by atoms with E-state index in [9.17, 15) is 4.79 Å². The van der Waals surface area contributed by atoms with Crippen molar-refractivity contribution in [2.75, 3.05) is 7.11 Å². The third kappa shape index (κ3) is 4.88. The van der Waals surface area contributed by atoms with Gasteiger partial charge < -0.3 is 15.8 Å². The van der Waals surface area contributed by atoms with Crippen molar-refractivity contribution in [2.45, 2.75) is 63.6 Å². The van der Waals surface area contributed by atoms with Crippen molar-refractivity contribution in [3.8, 4) is 0 Å². The maximum absolute atomic E-state index is 12.9. The van der Waals surface area contributed by atoms with Gasteiger partial charge in [-0.3, -0.25) is 4.79 Å². The number of benzene rings is 2. The highest BCUT2D eigenvalue weighted by molar-refractivity contribution is 5.87. The number of hydrogen-bond acceptors (Lipinski definition) is 3. The van der Waals surface area contributed by atoms with Gasteiger partial charge in [-0.2, -0.15) is 0 Å². The van der Waals surface area contributed by atoms with E-state index in [2.05, 4.69) is 29.6 Å². The van der Waals surface area contributed by atoms with E-state index in [1.54, 1.807) is 7.11 Å². The zero-order valence-corrected chi connectivity index (χ0v) is 16.5. The fourth-order valence-electron chi connectivity index (χ4n) is 4.41. The molecule has 27 heavy (non-hydrogen) atoms. The molecular weight excluding hydrogens is 336 g/mol. The number of nitrogens with two attached hydrogens (primary N) is 1. The summed E-state index contributed by atoms with van der Waals surface area (Å²) in [6, 6.07) is 14.0. The Hall–Kier alpha value is -1.91. The van der Waals surface area contributed by atoms with Crippen LogP contribution in [-0.2, 0) is 9.53 Å². The molecule has 1 aliphatic carbocycles. The molecule has 3 atom stereocenters. The number of methoxy groups -OCH3 is 1. The zero-order valence-electron chi connectivity index (χ0n) is 16.5. The summed E-state index contributed by atoms with van der Waals surface area (Å²) < 4.78 is 5.50. The summed E-state index contributed by atoms with van der Waals surface area (Å²) in [5, 5.41) is 5.45. The second kappa shape index (κ2) is 9.34. The lowest BCUT2D eigenvalue weighted by Gasteiger charge is -2.29. The van der Waals surface area contributed by atoms with Gasteiger partial charge in [0.2, 0.25) is 0 Å². The molecule has 0 heterocycles. The quantitative estimate of drug-likeness (QED) is 0.764. The minimum absolute atomic E-state index is 0.108. The molecule has 0 spiro atoms. The average Bonchev–Trinajstić information content (AvgIpc) is 2.68. The smallest absolute Gasteiger partial charge is 0.251 e. The third-order valence-corrected chi connectivity index (χ3v) is 5.88. The van der Waals surface area contributed by atoms with E-state index in [1.807, 2.05) is 25.1 Å². The number of fused-ring (bicyclic) bond motifs is 1. The van der Waals surface area contributed by atoms with Crippen LogP contribution in [0.15, 0.2) is 42.5 Å². The van der Waals surface area contributed by atoms with E-state index in [1.165, 1.54) is 37.5 Å². The Morgan fingerprint density at radius 3 is 2.59 bits per heavy atom. The summed E-state index contributed by atoms with van der Waals surface area (Å²) in [5.41, 5.74) is 7.49. The molecule has 2 unspecified atom stereocenters. The summed E-state index contributed by atoms with van der Waals surface area (Å²) in [6.07, 6.45) is 6.57. The number of ether oxygens (including phenoxy) is 1. The molecule has 1 saturated carbocycles. The van der Waals surface area contributed by atoms with Crippen LogP contribution in [0.5, 0.6) is 0 Å². The van der Waals surface area contributed by atoms with E-state index in [0.29, 0.717) is 5.92 Å². The van der Waals surface area contributed by atoms with Gasteiger partial charge in [0, 0.05) is 13.2 Å². The van der Waals surface area contributed by atoms with Gasteiger partial charge in [-0.05, 0) is 35.6 Å². The Kier molecular flexibility index (Phi) is 6.86. The lowest BCUT2D eigenvalue weighted by molar-refractivity contribution is -0.133. The van der Waals surface area contributed by atoms with Crippen molar-refractivity contribution in [3.05, 3.63) is 48.0 Å². The van der Waals surface area contributed by atoms with Crippen molar-refractivity contribution in [3.63, 3.8) is 0 Å². The molecule has 0 aromatic heterocycles. The second-order valence-corrected chi connectivity index (χ2v) is 7.86. The van der Waals surface area contributed by atoms with Crippen LogP contribution < -0.4 is 11.1 Å². The number of hydrogen-bond donors (Lipinski definition) is 2. The molecule has 1 amide bonds. The van der Waals surface area contributed by atoms with Gasteiger partial charge in [0.05, 0.1) is 6.04 Å². The number of amides is 1. The van der Waals surface area contributed by atoms with Crippen LogP contribution in [-0.4, -0.2) is 25.2 Å². The Labute approximate surface area is 162 Å². The maximum Gasteiger partial charge on any atom is 0.251 e. The highest BCUT2D eigenvalue weighted by Gasteiger charge is 2.29. The lowest BCUT2D eigenvalue weighted by atomic mass is 9.84. The molecule has 0 radical (unpaired) electrons. The molecule has 2 aromatic carbocycles. The first-order valence-electron chi connectivity index (χ1n) is 10.2. The van der Waals surface area contributed by atoms with Gasteiger partial charge in [0.25, 0.3) is 5.91 Å². The van der Waals surface area contributed by atoms with E-state index >= 15 is 0 Å². The lowest BCUT2D eigenvalue weighted by Crippen LogP contribution is -2.48. The molecule has 1 aliphatic rings. The van der Waals surface area contributed by atoms with Gasteiger partial charge >= 0.3 is 0 Å². The topological polar surface area (TPSA) is 64.3 Å². The fourth-order valence-corrected chi connectivity index (χ4v) is 4.41. The Bertz CT molecular complexity index is 750. The number of nitrogens with one attached hydrogen (secondary N) is 1. The average molecular weight is 369 g/mol. The van der Waals surface area contributed by atoms with Crippen LogP contribution in [0.3, 0.4) is 0 Å². The minimum Gasteiger partial charge on any atom is -0.370 e. The van der Waals surface area contributed by atoms with Gasteiger partial charge in [0.1, 0.15) is 0 Å². The molecule has 4 nitrogen and oxygen atoms in total. The van der Waals surface area contributed by atoms with Crippen LogP contribution >= 0.6 is 0 Å². The SMILES string of the molecule is COC(C(=O)NC(C)c1cccc2ccccc12)[C@H](N)CC1CCCCC1. The third-order valence-electron chi connectivity index (χ3n) is 5.88. The van der Waals surface area contributed by atoms with Crippen LogP contribution in [0, 0.1) is 5.92 Å². The highest BCUT2D eigenvalue weighted by Crippen LogP contribution is 2.28. The van der Waals surface area contributed by atoms with Crippen molar-refractivity contribution in [1.29, 1.82) is 0 Å². The predicted molar refractivity (Wildman–Crippen MR) is 110 cm³/mol. The molecular formula is C23H32N2O2. The van der Waals surface area contributed by atoms with Crippen LogP contribution in [0.2, 0.25) is 0 Å². The normalized spacial score (nSPS) is 18.8. The van der Waals surface area contributed by atoms with Crippen molar-refractivity contribution >= 4 is 16.7 Å². The van der Waals surface area contributed by atoms with Crippen LogP contribution in [0.4, 0.5) is 0 Å². The Morgan fingerprint density at radius 1 is 1.15 bits per heavy atom. The van der Waals surface area contributed by atoms with Crippen molar-refractivity contribution < 1.29 is 9.53 Å². The molecule has 4 heteroatoms. The summed E-state index contributed by atoms with van der Waals surface area (Å²) >= 11 is 0. The first-order chi connectivity index (χ1) is 13.1. The number of carbonyl (C=O) groups excluding carboxylic acids is 1. The molecule has 3 N–H and O–H groups in total.